The third-order valence-corrected chi connectivity index (χ3v) is 7.21. The van der Waals surface area contributed by atoms with E-state index < -0.39 is 0 Å². The van der Waals surface area contributed by atoms with Gasteiger partial charge in [0.1, 0.15) is 0 Å². The number of thioether (sulfide) groups is 1. The maximum Gasteiger partial charge on any atom is 0.264 e. The molecule has 2 heterocycles. The predicted octanol–water partition coefficient (Wildman–Crippen LogP) is 6.65. The van der Waals surface area contributed by atoms with Gasteiger partial charge in [-0.1, -0.05) is 30.7 Å². The van der Waals surface area contributed by atoms with Gasteiger partial charge in [0.25, 0.3) is 5.91 Å². The lowest BCUT2D eigenvalue weighted by Gasteiger charge is -2.47. The van der Waals surface area contributed by atoms with E-state index in [0.29, 0.717) is 21.0 Å². The zero-order valence-electron chi connectivity index (χ0n) is 18.6. The maximum absolute atomic E-state index is 12.6. The van der Waals surface area contributed by atoms with Crippen LogP contribution in [-0.4, -0.2) is 23.2 Å². The first-order valence-corrected chi connectivity index (χ1v) is 11.8. The molecule has 162 valence electrons. The number of aryl methyl sites for hydroxylation is 1. The van der Waals surface area contributed by atoms with Gasteiger partial charge in [-0.2, -0.15) is 0 Å². The molecule has 1 N–H and O–H groups in total. The van der Waals surface area contributed by atoms with Crippen molar-refractivity contribution in [3.05, 3.63) is 63.0 Å². The number of hydrogen-bond donors (Lipinski definition) is 1. The number of halogens is 1. The number of carbonyl (C=O) groups excluding carboxylic acids is 1. The Bertz CT molecular complexity index is 1110. The molecule has 31 heavy (non-hydrogen) atoms. The molecule has 0 aliphatic carbocycles. The molecule has 1 atom stereocenters. The molecule has 0 spiro atoms. The third kappa shape index (κ3) is 4.39. The van der Waals surface area contributed by atoms with E-state index in [2.05, 4.69) is 61.1 Å². The number of carbonyl (C=O) groups is 1. The fourth-order valence-electron chi connectivity index (χ4n) is 4.64. The van der Waals surface area contributed by atoms with E-state index in [4.69, 9.17) is 11.6 Å². The van der Waals surface area contributed by atoms with Crippen LogP contribution >= 0.6 is 23.4 Å². The van der Waals surface area contributed by atoms with Crippen molar-refractivity contribution in [3.63, 3.8) is 0 Å². The first kappa shape index (κ1) is 22.0. The van der Waals surface area contributed by atoms with Crippen molar-refractivity contribution in [2.45, 2.75) is 52.5 Å². The lowest BCUT2D eigenvalue weighted by atomic mass is 9.79. The van der Waals surface area contributed by atoms with Gasteiger partial charge in [0.2, 0.25) is 0 Å². The van der Waals surface area contributed by atoms with Crippen LogP contribution in [0.3, 0.4) is 0 Å². The molecular weight excluding hydrogens is 426 g/mol. The van der Waals surface area contributed by atoms with Gasteiger partial charge in [0.05, 0.1) is 10.6 Å². The van der Waals surface area contributed by atoms with Gasteiger partial charge in [-0.05, 0) is 98.8 Å². The number of benzene rings is 2. The third-order valence-electron chi connectivity index (χ3n) is 6.07. The van der Waals surface area contributed by atoms with Crippen molar-refractivity contribution in [3.8, 4) is 0 Å². The Morgan fingerprint density at radius 3 is 2.81 bits per heavy atom. The second-order valence-corrected chi connectivity index (χ2v) is 10.4. The van der Waals surface area contributed by atoms with Gasteiger partial charge in [0, 0.05) is 22.8 Å². The fraction of sp³-hybridized carbons (Fsp3) is 0.360. The van der Waals surface area contributed by atoms with Crippen LogP contribution in [0.25, 0.3) is 6.08 Å². The van der Waals surface area contributed by atoms with Crippen LogP contribution in [0.2, 0.25) is 5.02 Å². The zero-order valence-corrected chi connectivity index (χ0v) is 20.2. The van der Waals surface area contributed by atoms with Crippen LogP contribution < -0.4 is 10.2 Å². The molecule has 0 saturated carbocycles. The van der Waals surface area contributed by atoms with Crippen LogP contribution in [0, 0.1) is 6.92 Å². The zero-order chi connectivity index (χ0) is 22.3. The quantitative estimate of drug-likeness (QED) is 0.529. The number of hydrogen-bond acceptors (Lipinski definition) is 4. The SMILES string of the molecule is CCN1c2ccc(/C=C3\SC(=Nc4cc(Cl)ccc4C)NC3=O)cc2C(C)CC1(C)C. The number of amides is 1. The van der Waals surface area contributed by atoms with Crippen molar-refractivity contribution in [2.24, 2.45) is 4.99 Å². The molecule has 1 fully saturated rings. The van der Waals surface area contributed by atoms with Crippen molar-refractivity contribution < 1.29 is 4.79 Å². The molecule has 1 saturated heterocycles. The maximum atomic E-state index is 12.6. The van der Waals surface area contributed by atoms with Gasteiger partial charge in [-0.15, -0.1) is 0 Å². The first-order chi connectivity index (χ1) is 14.7. The van der Waals surface area contributed by atoms with E-state index >= 15 is 0 Å². The molecule has 4 nitrogen and oxygen atoms in total. The minimum atomic E-state index is -0.120. The number of amidine groups is 1. The van der Waals surface area contributed by atoms with Crippen molar-refractivity contribution in [2.75, 3.05) is 11.4 Å². The summed E-state index contributed by atoms with van der Waals surface area (Å²) in [5.41, 5.74) is 5.61. The molecule has 2 aromatic carbocycles. The Hall–Kier alpha value is -2.24. The number of rotatable bonds is 3. The van der Waals surface area contributed by atoms with E-state index in [1.165, 1.54) is 23.0 Å². The minimum Gasteiger partial charge on any atom is -0.366 e. The van der Waals surface area contributed by atoms with E-state index in [0.717, 1.165) is 29.8 Å². The summed E-state index contributed by atoms with van der Waals surface area (Å²) in [6, 6.07) is 12.1. The average molecular weight is 454 g/mol. The molecule has 2 aliphatic heterocycles. The monoisotopic (exact) mass is 453 g/mol. The molecule has 0 bridgehead atoms. The number of anilines is 1. The molecule has 0 aromatic heterocycles. The predicted molar refractivity (Wildman–Crippen MR) is 134 cm³/mol. The topological polar surface area (TPSA) is 44.7 Å². The Morgan fingerprint density at radius 2 is 2.06 bits per heavy atom. The number of fused-ring (bicyclic) bond motifs is 1. The molecular formula is C25H28ClN3OS. The lowest BCUT2D eigenvalue weighted by molar-refractivity contribution is -0.115. The van der Waals surface area contributed by atoms with Crippen LogP contribution in [0.5, 0.6) is 0 Å². The molecule has 0 radical (unpaired) electrons. The van der Waals surface area contributed by atoms with Gasteiger partial charge < -0.3 is 10.2 Å². The molecule has 2 aliphatic rings. The summed E-state index contributed by atoms with van der Waals surface area (Å²) in [5.74, 6) is 0.352. The number of nitrogens with one attached hydrogen (secondary N) is 1. The Morgan fingerprint density at radius 1 is 1.29 bits per heavy atom. The second kappa shape index (κ2) is 8.36. The molecule has 4 rings (SSSR count). The lowest BCUT2D eigenvalue weighted by Crippen LogP contribution is -2.48. The normalized spacial score (nSPS) is 22.7. The molecule has 6 heteroatoms. The van der Waals surface area contributed by atoms with Gasteiger partial charge in [-0.3, -0.25) is 4.79 Å². The van der Waals surface area contributed by atoms with Gasteiger partial charge >= 0.3 is 0 Å². The second-order valence-electron chi connectivity index (χ2n) is 8.89. The van der Waals surface area contributed by atoms with Crippen molar-refractivity contribution in [1.82, 2.24) is 5.32 Å². The summed E-state index contributed by atoms with van der Waals surface area (Å²) in [4.78, 5) is 20.3. The summed E-state index contributed by atoms with van der Waals surface area (Å²) in [6.45, 7) is 12.1. The molecule has 1 unspecified atom stereocenters. The highest BCUT2D eigenvalue weighted by molar-refractivity contribution is 8.18. The Labute approximate surface area is 193 Å². The summed E-state index contributed by atoms with van der Waals surface area (Å²) in [5, 5.41) is 4.07. The van der Waals surface area contributed by atoms with Gasteiger partial charge in [0.15, 0.2) is 5.17 Å². The van der Waals surface area contributed by atoms with Crippen LogP contribution in [-0.2, 0) is 4.79 Å². The summed E-state index contributed by atoms with van der Waals surface area (Å²) in [7, 11) is 0. The first-order valence-electron chi connectivity index (χ1n) is 10.7. The van der Waals surface area contributed by atoms with Crippen LogP contribution in [0.4, 0.5) is 11.4 Å². The standard InChI is InChI=1S/C25H28ClN3OS/c1-6-29-21-10-8-17(11-19(21)16(3)14-25(29,4)5)12-22-23(30)28-24(31-22)27-20-13-18(26)9-7-15(20)2/h7-13,16H,6,14H2,1-5H3,(H,27,28,30)/b22-12-. The van der Waals surface area contributed by atoms with E-state index in [9.17, 15) is 4.79 Å². The van der Waals surface area contributed by atoms with E-state index in [-0.39, 0.29) is 11.4 Å². The number of aliphatic imine (C=N–C) groups is 1. The fourth-order valence-corrected chi connectivity index (χ4v) is 5.64. The average Bonchev–Trinajstić information content (AvgIpc) is 3.03. The molecule has 1 amide bonds. The number of nitrogens with zero attached hydrogens (tertiary/aromatic N) is 2. The summed E-state index contributed by atoms with van der Waals surface area (Å²) in [6.07, 6.45) is 3.06. The highest BCUT2D eigenvalue weighted by atomic mass is 35.5. The smallest absolute Gasteiger partial charge is 0.264 e. The van der Waals surface area contributed by atoms with E-state index in [1.807, 2.05) is 31.2 Å². The summed E-state index contributed by atoms with van der Waals surface area (Å²) >= 11 is 7.46. The van der Waals surface area contributed by atoms with Crippen LogP contribution in [0.1, 0.15) is 56.7 Å². The van der Waals surface area contributed by atoms with Gasteiger partial charge in [-0.25, -0.2) is 4.99 Å². The minimum absolute atomic E-state index is 0.120. The van der Waals surface area contributed by atoms with Crippen LogP contribution in [0.15, 0.2) is 46.3 Å². The van der Waals surface area contributed by atoms with E-state index in [1.54, 1.807) is 0 Å². The highest BCUT2D eigenvalue weighted by Crippen LogP contribution is 2.43. The Kier molecular flexibility index (Phi) is 5.93. The highest BCUT2D eigenvalue weighted by Gasteiger charge is 2.35. The Balaban J connectivity index is 1.62. The van der Waals surface area contributed by atoms with Crippen molar-refractivity contribution in [1.29, 1.82) is 0 Å². The molecule has 2 aromatic rings. The largest absolute Gasteiger partial charge is 0.366 e. The summed E-state index contributed by atoms with van der Waals surface area (Å²) < 4.78 is 0. The van der Waals surface area contributed by atoms with Crippen molar-refractivity contribution >= 4 is 51.9 Å².